The number of nitrogens with zero attached hydrogens (tertiary/aromatic N) is 1. The Labute approximate surface area is 200 Å². The summed E-state index contributed by atoms with van der Waals surface area (Å²) in [5.74, 6) is 1.43. The molecular formula is C28H32N2O4. The number of furan rings is 1. The lowest BCUT2D eigenvalue weighted by atomic mass is 9.85. The highest BCUT2D eigenvalue weighted by molar-refractivity contribution is 5.91. The molecule has 0 aliphatic carbocycles. The van der Waals surface area contributed by atoms with Crippen molar-refractivity contribution in [1.29, 1.82) is 0 Å². The fraction of sp³-hybridized carbons (Fsp3) is 0.357. The van der Waals surface area contributed by atoms with Crippen LogP contribution in [0.4, 0.5) is 0 Å². The summed E-state index contributed by atoms with van der Waals surface area (Å²) in [4.78, 5) is 27.3. The Morgan fingerprint density at radius 3 is 2.56 bits per heavy atom. The first-order valence-electron chi connectivity index (χ1n) is 11.8. The van der Waals surface area contributed by atoms with Crippen LogP contribution in [0.1, 0.15) is 66.7 Å². The molecule has 0 saturated carbocycles. The van der Waals surface area contributed by atoms with Gasteiger partial charge in [0.05, 0.1) is 6.04 Å². The highest BCUT2D eigenvalue weighted by Crippen LogP contribution is 2.39. The van der Waals surface area contributed by atoms with E-state index in [9.17, 15) is 9.59 Å². The van der Waals surface area contributed by atoms with E-state index in [0.29, 0.717) is 24.6 Å². The van der Waals surface area contributed by atoms with Crippen LogP contribution in [0.2, 0.25) is 0 Å². The third-order valence-electron chi connectivity index (χ3n) is 5.97. The fourth-order valence-corrected chi connectivity index (χ4v) is 4.31. The molecule has 2 amide bonds. The van der Waals surface area contributed by atoms with Gasteiger partial charge < -0.3 is 19.4 Å². The molecule has 1 aromatic heterocycles. The Morgan fingerprint density at radius 1 is 1.09 bits per heavy atom. The zero-order valence-corrected chi connectivity index (χ0v) is 20.3. The van der Waals surface area contributed by atoms with Crippen molar-refractivity contribution in [2.75, 3.05) is 13.1 Å². The molecular weight excluding hydrogens is 428 g/mol. The predicted octanol–water partition coefficient (Wildman–Crippen LogP) is 5.13. The zero-order chi connectivity index (χ0) is 24.3. The van der Waals surface area contributed by atoms with Crippen molar-refractivity contribution in [3.05, 3.63) is 88.9 Å². The minimum absolute atomic E-state index is 0.131. The van der Waals surface area contributed by atoms with Crippen LogP contribution in [0.5, 0.6) is 5.75 Å². The maximum absolute atomic E-state index is 13.4. The molecule has 3 aromatic rings. The largest absolute Gasteiger partial charge is 0.486 e. The number of nitrogens with one attached hydrogen (secondary N) is 1. The van der Waals surface area contributed by atoms with Gasteiger partial charge in [-0.2, -0.15) is 0 Å². The third-order valence-corrected chi connectivity index (χ3v) is 5.97. The highest BCUT2D eigenvalue weighted by atomic mass is 16.5. The van der Waals surface area contributed by atoms with Crippen LogP contribution in [0, 0.1) is 5.41 Å². The molecule has 1 aliphatic heterocycles. The van der Waals surface area contributed by atoms with Gasteiger partial charge in [0.25, 0.3) is 5.91 Å². The van der Waals surface area contributed by atoms with E-state index in [4.69, 9.17) is 9.15 Å². The van der Waals surface area contributed by atoms with Gasteiger partial charge in [0.1, 0.15) is 18.1 Å². The van der Waals surface area contributed by atoms with E-state index in [1.165, 1.54) is 5.56 Å². The molecule has 0 bridgehead atoms. The molecule has 0 saturated heterocycles. The summed E-state index contributed by atoms with van der Waals surface area (Å²) >= 11 is 0. The van der Waals surface area contributed by atoms with Gasteiger partial charge in [0, 0.05) is 18.5 Å². The van der Waals surface area contributed by atoms with Crippen molar-refractivity contribution < 1.29 is 18.7 Å². The zero-order valence-electron chi connectivity index (χ0n) is 20.3. The molecule has 1 atom stereocenters. The average molecular weight is 461 g/mol. The molecule has 1 unspecified atom stereocenters. The van der Waals surface area contributed by atoms with Crippen LogP contribution in [0.25, 0.3) is 0 Å². The standard InChI is InChI=1S/C28H32N2O4/c1-5-29-26(31)24-14-13-22(34-24)18-33-21-12-11-19-15-16-30(27(32)28(2,3)4)25(23(19)17-21)20-9-7-6-8-10-20/h6-14,17,25H,5,15-16,18H2,1-4H3,(H,29,31). The van der Waals surface area contributed by atoms with Crippen LogP contribution >= 0.6 is 0 Å². The molecule has 1 aliphatic rings. The first-order valence-corrected chi connectivity index (χ1v) is 11.8. The van der Waals surface area contributed by atoms with E-state index in [-0.39, 0.29) is 30.2 Å². The van der Waals surface area contributed by atoms with Gasteiger partial charge in [-0.3, -0.25) is 9.59 Å². The smallest absolute Gasteiger partial charge is 0.286 e. The summed E-state index contributed by atoms with van der Waals surface area (Å²) in [6.45, 7) is 9.18. The van der Waals surface area contributed by atoms with Gasteiger partial charge in [0.15, 0.2) is 5.76 Å². The maximum Gasteiger partial charge on any atom is 0.286 e. The first-order chi connectivity index (χ1) is 16.3. The molecule has 0 radical (unpaired) electrons. The second-order valence-corrected chi connectivity index (χ2v) is 9.59. The SMILES string of the molecule is CCNC(=O)c1ccc(COc2ccc3c(c2)C(c2ccccc2)N(C(=O)C(C)(C)C)CC3)o1. The van der Waals surface area contributed by atoms with Crippen molar-refractivity contribution in [3.63, 3.8) is 0 Å². The Morgan fingerprint density at radius 2 is 1.85 bits per heavy atom. The van der Waals surface area contributed by atoms with Gasteiger partial charge in [-0.05, 0) is 54.3 Å². The lowest BCUT2D eigenvalue weighted by Crippen LogP contribution is -2.45. The van der Waals surface area contributed by atoms with E-state index in [2.05, 4.69) is 23.5 Å². The van der Waals surface area contributed by atoms with Crippen LogP contribution in [-0.4, -0.2) is 29.8 Å². The number of ether oxygens (including phenoxy) is 1. The lowest BCUT2D eigenvalue weighted by molar-refractivity contribution is -0.141. The van der Waals surface area contributed by atoms with Crippen molar-refractivity contribution in [1.82, 2.24) is 10.2 Å². The summed E-state index contributed by atoms with van der Waals surface area (Å²) in [7, 11) is 0. The van der Waals surface area contributed by atoms with Crippen molar-refractivity contribution in [2.24, 2.45) is 5.41 Å². The fourth-order valence-electron chi connectivity index (χ4n) is 4.31. The normalized spacial score (nSPS) is 15.5. The van der Waals surface area contributed by atoms with Crippen molar-refractivity contribution in [3.8, 4) is 5.75 Å². The summed E-state index contributed by atoms with van der Waals surface area (Å²) in [6.07, 6.45) is 0.800. The lowest BCUT2D eigenvalue weighted by Gasteiger charge is -2.41. The molecule has 1 N–H and O–H groups in total. The average Bonchev–Trinajstić information content (AvgIpc) is 3.31. The van der Waals surface area contributed by atoms with Crippen molar-refractivity contribution >= 4 is 11.8 Å². The van der Waals surface area contributed by atoms with Gasteiger partial charge in [-0.15, -0.1) is 0 Å². The van der Waals surface area contributed by atoms with Crippen LogP contribution < -0.4 is 10.1 Å². The summed E-state index contributed by atoms with van der Waals surface area (Å²) in [5, 5.41) is 2.72. The molecule has 34 heavy (non-hydrogen) atoms. The number of carbonyl (C=O) groups is 2. The Bertz CT molecular complexity index is 1160. The first kappa shape index (κ1) is 23.6. The van der Waals surface area contributed by atoms with Gasteiger partial charge in [-0.1, -0.05) is 57.2 Å². The molecule has 2 aromatic carbocycles. The third kappa shape index (κ3) is 5.01. The van der Waals surface area contributed by atoms with Crippen LogP contribution in [-0.2, 0) is 17.8 Å². The van der Waals surface area contributed by atoms with E-state index in [1.807, 2.05) is 62.9 Å². The minimum Gasteiger partial charge on any atom is -0.486 e. The number of amides is 2. The Kier molecular flexibility index (Phi) is 6.77. The number of carbonyl (C=O) groups excluding carboxylic acids is 2. The van der Waals surface area contributed by atoms with Crippen LogP contribution in [0.3, 0.4) is 0 Å². The quantitative estimate of drug-likeness (QED) is 0.554. The van der Waals surface area contributed by atoms with Gasteiger partial charge >= 0.3 is 0 Å². The monoisotopic (exact) mass is 460 g/mol. The summed E-state index contributed by atoms with van der Waals surface area (Å²) in [6, 6.07) is 19.4. The van der Waals surface area contributed by atoms with Crippen LogP contribution in [0.15, 0.2) is 65.1 Å². The van der Waals surface area contributed by atoms with E-state index < -0.39 is 5.41 Å². The number of hydrogen-bond donors (Lipinski definition) is 1. The van der Waals surface area contributed by atoms with Crippen molar-refractivity contribution in [2.45, 2.75) is 46.8 Å². The summed E-state index contributed by atoms with van der Waals surface area (Å²) in [5.41, 5.74) is 2.90. The summed E-state index contributed by atoms with van der Waals surface area (Å²) < 4.78 is 11.6. The molecule has 0 spiro atoms. The molecule has 6 heteroatoms. The van der Waals surface area contributed by atoms with Gasteiger partial charge in [-0.25, -0.2) is 0 Å². The molecule has 178 valence electrons. The second kappa shape index (κ2) is 9.75. The van der Waals surface area contributed by atoms with E-state index >= 15 is 0 Å². The number of rotatable bonds is 6. The maximum atomic E-state index is 13.4. The highest BCUT2D eigenvalue weighted by Gasteiger charge is 2.37. The number of fused-ring (bicyclic) bond motifs is 1. The second-order valence-electron chi connectivity index (χ2n) is 9.59. The molecule has 4 rings (SSSR count). The number of hydrogen-bond acceptors (Lipinski definition) is 4. The van der Waals surface area contributed by atoms with E-state index in [1.54, 1.807) is 12.1 Å². The predicted molar refractivity (Wildman–Crippen MR) is 131 cm³/mol. The Hall–Kier alpha value is -3.54. The number of benzene rings is 2. The topological polar surface area (TPSA) is 71.8 Å². The molecule has 6 nitrogen and oxygen atoms in total. The minimum atomic E-state index is -0.473. The van der Waals surface area contributed by atoms with E-state index in [0.717, 1.165) is 17.5 Å². The van der Waals surface area contributed by atoms with Gasteiger partial charge in [0.2, 0.25) is 5.91 Å². The molecule has 2 heterocycles. The Balaban J connectivity index is 1.60. The molecule has 0 fully saturated rings.